The van der Waals surface area contributed by atoms with Crippen LogP contribution in [0.4, 0.5) is 0 Å². The Morgan fingerprint density at radius 1 is 1.53 bits per heavy atom. The molecule has 0 amide bonds. The molecule has 104 valence electrons. The summed E-state index contributed by atoms with van der Waals surface area (Å²) in [5.41, 5.74) is -0.219. The number of carbonyl (C=O) groups is 1. The van der Waals surface area contributed by atoms with Gasteiger partial charge in [0.15, 0.2) is 5.78 Å². The zero-order valence-corrected chi connectivity index (χ0v) is 11.8. The van der Waals surface area contributed by atoms with Crippen molar-refractivity contribution in [3.8, 4) is 5.75 Å². The van der Waals surface area contributed by atoms with E-state index in [1.165, 1.54) is 11.3 Å². The zero-order valence-electron chi connectivity index (χ0n) is 11.0. The fourth-order valence-electron chi connectivity index (χ4n) is 2.94. The molecular formula is C14H18O4S. The van der Waals surface area contributed by atoms with Crippen LogP contribution in [0.15, 0.2) is 11.4 Å². The van der Waals surface area contributed by atoms with Crippen LogP contribution >= 0.6 is 11.3 Å². The van der Waals surface area contributed by atoms with Crippen molar-refractivity contribution < 1.29 is 19.0 Å². The topological polar surface area (TPSA) is 44.8 Å². The summed E-state index contributed by atoms with van der Waals surface area (Å²) in [6, 6.07) is 1.85. The van der Waals surface area contributed by atoms with Crippen LogP contribution in [0, 0.1) is 5.92 Å². The van der Waals surface area contributed by atoms with Crippen molar-refractivity contribution in [1.29, 1.82) is 0 Å². The molecule has 0 saturated carbocycles. The molecule has 3 heterocycles. The Morgan fingerprint density at radius 3 is 3.16 bits per heavy atom. The van der Waals surface area contributed by atoms with Gasteiger partial charge in [-0.25, -0.2) is 0 Å². The van der Waals surface area contributed by atoms with Crippen molar-refractivity contribution in [3.63, 3.8) is 0 Å². The third-order valence-electron chi connectivity index (χ3n) is 4.00. The van der Waals surface area contributed by atoms with Crippen molar-refractivity contribution in [2.75, 3.05) is 26.9 Å². The lowest BCUT2D eigenvalue weighted by molar-refractivity contribution is -0.0920. The maximum absolute atomic E-state index is 12.6. The summed E-state index contributed by atoms with van der Waals surface area (Å²) >= 11 is 1.46. The highest BCUT2D eigenvalue weighted by atomic mass is 32.1. The predicted molar refractivity (Wildman–Crippen MR) is 72.0 cm³/mol. The normalized spacial score (nSPS) is 30.7. The van der Waals surface area contributed by atoms with Gasteiger partial charge in [0.1, 0.15) is 10.6 Å². The molecule has 1 aromatic rings. The standard InChI is InChI=1S/C14H18O4S/c1-16-11-3-7-19-13(11)12(15)10-2-5-18-14(8-10)4-6-17-9-14/h3,7,10H,2,4-6,8-9H2,1H3. The van der Waals surface area contributed by atoms with Crippen LogP contribution < -0.4 is 4.74 Å². The average Bonchev–Trinajstić information content (AvgIpc) is 3.07. The molecule has 0 radical (unpaired) electrons. The quantitative estimate of drug-likeness (QED) is 0.799. The van der Waals surface area contributed by atoms with Gasteiger partial charge in [0.05, 0.1) is 19.3 Å². The van der Waals surface area contributed by atoms with Crippen LogP contribution in [0.2, 0.25) is 0 Å². The number of carbonyl (C=O) groups excluding carboxylic acids is 1. The van der Waals surface area contributed by atoms with E-state index in [0.717, 1.165) is 30.7 Å². The van der Waals surface area contributed by atoms with Crippen LogP contribution in [0.3, 0.4) is 0 Å². The first kappa shape index (κ1) is 13.1. The molecule has 3 rings (SSSR count). The molecule has 4 nitrogen and oxygen atoms in total. The van der Waals surface area contributed by atoms with Gasteiger partial charge in [-0.1, -0.05) is 0 Å². The lowest BCUT2D eigenvalue weighted by Crippen LogP contribution is -2.42. The smallest absolute Gasteiger partial charge is 0.179 e. The molecular weight excluding hydrogens is 264 g/mol. The van der Waals surface area contributed by atoms with Gasteiger partial charge in [-0.3, -0.25) is 4.79 Å². The third-order valence-corrected chi connectivity index (χ3v) is 4.91. The Labute approximate surface area is 116 Å². The molecule has 0 aliphatic carbocycles. The van der Waals surface area contributed by atoms with E-state index in [9.17, 15) is 4.79 Å². The van der Waals surface area contributed by atoms with E-state index >= 15 is 0 Å². The molecule has 2 fully saturated rings. The first-order valence-corrected chi connectivity index (χ1v) is 7.49. The van der Waals surface area contributed by atoms with E-state index in [-0.39, 0.29) is 17.3 Å². The van der Waals surface area contributed by atoms with E-state index in [0.29, 0.717) is 19.0 Å². The molecule has 5 heteroatoms. The molecule has 2 aliphatic rings. The average molecular weight is 282 g/mol. The summed E-state index contributed by atoms with van der Waals surface area (Å²) in [5.74, 6) is 0.919. The van der Waals surface area contributed by atoms with Gasteiger partial charge >= 0.3 is 0 Å². The second kappa shape index (κ2) is 5.23. The summed E-state index contributed by atoms with van der Waals surface area (Å²) in [5, 5.41) is 1.90. The summed E-state index contributed by atoms with van der Waals surface area (Å²) in [6.45, 7) is 2.01. The summed E-state index contributed by atoms with van der Waals surface area (Å²) in [6.07, 6.45) is 2.47. The molecule has 2 aliphatic heterocycles. The van der Waals surface area contributed by atoms with Crippen LogP contribution in [0.25, 0.3) is 0 Å². The molecule has 2 atom stereocenters. The fraction of sp³-hybridized carbons (Fsp3) is 0.643. The van der Waals surface area contributed by atoms with Crippen molar-refractivity contribution in [2.45, 2.75) is 24.9 Å². The number of methoxy groups -OCH3 is 1. The van der Waals surface area contributed by atoms with Gasteiger partial charge in [0, 0.05) is 25.6 Å². The van der Waals surface area contributed by atoms with Crippen molar-refractivity contribution in [3.05, 3.63) is 16.3 Å². The highest BCUT2D eigenvalue weighted by Crippen LogP contribution is 2.39. The molecule has 0 aromatic carbocycles. The molecule has 0 N–H and O–H groups in total. The van der Waals surface area contributed by atoms with Crippen LogP contribution in [-0.2, 0) is 9.47 Å². The molecule has 1 aromatic heterocycles. The maximum Gasteiger partial charge on any atom is 0.179 e. The Morgan fingerprint density at radius 2 is 2.42 bits per heavy atom. The van der Waals surface area contributed by atoms with Crippen LogP contribution in [0.5, 0.6) is 5.75 Å². The lowest BCUT2D eigenvalue weighted by Gasteiger charge is -2.36. The highest BCUT2D eigenvalue weighted by Gasteiger charge is 2.43. The zero-order chi connectivity index (χ0) is 13.3. The predicted octanol–water partition coefficient (Wildman–Crippen LogP) is 2.53. The minimum Gasteiger partial charge on any atom is -0.495 e. The number of hydrogen-bond donors (Lipinski definition) is 0. The first-order valence-electron chi connectivity index (χ1n) is 6.61. The molecule has 2 unspecified atom stereocenters. The van der Waals surface area contributed by atoms with E-state index in [1.807, 2.05) is 11.4 Å². The number of thiophene rings is 1. The number of hydrogen-bond acceptors (Lipinski definition) is 5. The number of Topliss-reactive ketones (excluding diaryl/α,β-unsaturated/α-hetero) is 1. The van der Waals surface area contributed by atoms with Gasteiger partial charge in [-0.05, 0) is 24.3 Å². The molecule has 19 heavy (non-hydrogen) atoms. The number of ketones is 1. The van der Waals surface area contributed by atoms with Gasteiger partial charge in [-0.2, -0.15) is 0 Å². The van der Waals surface area contributed by atoms with Crippen molar-refractivity contribution in [2.24, 2.45) is 5.92 Å². The molecule has 1 spiro atoms. The van der Waals surface area contributed by atoms with E-state index in [4.69, 9.17) is 14.2 Å². The van der Waals surface area contributed by atoms with Crippen LogP contribution in [-0.4, -0.2) is 38.3 Å². The maximum atomic E-state index is 12.6. The Hall–Kier alpha value is -0.910. The van der Waals surface area contributed by atoms with E-state index < -0.39 is 0 Å². The SMILES string of the molecule is COc1ccsc1C(=O)C1CCOC2(CCOC2)C1. The second-order valence-electron chi connectivity index (χ2n) is 5.21. The Balaban J connectivity index is 1.76. The third kappa shape index (κ3) is 2.42. The summed E-state index contributed by atoms with van der Waals surface area (Å²) < 4.78 is 16.6. The lowest BCUT2D eigenvalue weighted by atomic mass is 9.82. The largest absolute Gasteiger partial charge is 0.495 e. The minimum absolute atomic E-state index is 0.0306. The minimum atomic E-state index is -0.219. The van der Waals surface area contributed by atoms with E-state index in [1.54, 1.807) is 7.11 Å². The van der Waals surface area contributed by atoms with Gasteiger partial charge in [-0.15, -0.1) is 11.3 Å². The Bertz CT molecular complexity index is 462. The van der Waals surface area contributed by atoms with Gasteiger partial charge < -0.3 is 14.2 Å². The van der Waals surface area contributed by atoms with Gasteiger partial charge in [0.2, 0.25) is 0 Å². The fourth-order valence-corrected chi connectivity index (χ4v) is 3.82. The van der Waals surface area contributed by atoms with E-state index in [2.05, 4.69) is 0 Å². The molecule has 0 bridgehead atoms. The van der Waals surface area contributed by atoms with Crippen LogP contribution in [0.1, 0.15) is 28.9 Å². The number of ether oxygens (including phenoxy) is 3. The van der Waals surface area contributed by atoms with Crippen molar-refractivity contribution >= 4 is 17.1 Å². The molecule has 2 saturated heterocycles. The highest BCUT2D eigenvalue weighted by molar-refractivity contribution is 7.12. The van der Waals surface area contributed by atoms with Crippen molar-refractivity contribution in [1.82, 2.24) is 0 Å². The summed E-state index contributed by atoms with van der Waals surface area (Å²) in [7, 11) is 1.61. The number of rotatable bonds is 3. The monoisotopic (exact) mass is 282 g/mol. The second-order valence-corrected chi connectivity index (χ2v) is 6.12. The van der Waals surface area contributed by atoms with Gasteiger partial charge in [0.25, 0.3) is 0 Å². The first-order chi connectivity index (χ1) is 9.24. The summed E-state index contributed by atoms with van der Waals surface area (Å²) in [4.78, 5) is 13.4. The Kier molecular flexibility index (Phi) is 3.60.